The molecule has 1 saturated carbocycles. The summed E-state index contributed by atoms with van der Waals surface area (Å²) in [4.78, 5) is 0. The second-order valence-electron chi connectivity index (χ2n) is 4.15. The van der Waals surface area contributed by atoms with E-state index in [1.165, 1.54) is 12.8 Å². The zero-order chi connectivity index (χ0) is 11.3. The molecule has 1 aliphatic rings. The van der Waals surface area contributed by atoms with Gasteiger partial charge in [0.05, 0.1) is 0 Å². The minimum atomic E-state index is -4.50. The van der Waals surface area contributed by atoms with Crippen molar-refractivity contribution in [2.24, 2.45) is 0 Å². The molecule has 0 aromatic rings. The van der Waals surface area contributed by atoms with E-state index < -0.39 is 12.3 Å². The van der Waals surface area contributed by atoms with Crippen LogP contribution >= 0.6 is 0 Å². The Morgan fingerprint density at radius 1 is 1.13 bits per heavy atom. The molecular formula is C10H18F3NO. The summed E-state index contributed by atoms with van der Waals surface area (Å²) in [6, 6.07) is 0.143. The van der Waals surface area contributed by atoms with E-state index in [1.54, 1.807) is 0 Å². The summed E-state index contributed by atoms with van der Waals surface area (Å²) in [5.74, 6) is 0. The Bertz CT molecular complexity index is 176. The average Bonchev–Trinajstić information content (AvgIpc) is 2.40. The number of aliphatic hydroxyl groups excluding tert-OH is 1. The number of nitrogens with one attached hydrogen (secondary N) is 1. The molecule has 1 fully saturated rings. The maximum atomic E-state index is 12.0. The molecule has 2 N–H and O–H groups in total. The van der Waals surface area contributed by atoms with E-state index in [-0.39, 0.29) is 12.6 Å². The molecule has 0 bridgehead atoms. The van der Waals surface area contributed by atoms with Crippen LogP contribution in [-0.4, -0.2) is 30.0 Å². The molecule has 0 heterocycles. The highest BCUT2D eigenvalue weighted by molar-refractivity contribution is 4.75. The lowest BCUT2D eigenvalue weighted by Crippen LogP contribution is -2.42. The molecule has 0 amide bonds. The van der Waals surface area contributed by atoms with Gasteiger partial charge in [0.1, 0.15) is 0 Å². The number of hydrogen-bond acceptors (Lipinski definition) is 2. The molecule has 90 valence electrons. The fraction of sp³-hybridized carbons (Fsp3) is 1.00. The SMILES string of the molecule is O[C@@H](CNC1CCCCCC1)C(F)(F)F. The Balaban J connectivity index is 2.23. The van der Waals surface area contributed by atoms with Crippen LogP contribution in [-0.2, 0) is 0 Å². The Labute approximate surface area is 87.9 Å². The van der Waals surface area contributed by atoms with Gasteiger partial charge in [-0.1, -0.05) is 25.7 Å². The lowest BCUT2D eigenvalue weighted by Gasteiger charge is -2.20. The summed E-state index contributed by atoms with van der Waals surface area (Å²) in [5, 5.41) is 11.6. The van der Waals surface area contributed by atoms with Crippen molar-refractivity contribution in [2.45, 2.75) is 56.8 Å². The van der Waals surface area contributed by atoms with Crippen LogP contribution in [0.3, 0.4) is 0 Å². The van der Waals surface area contributed by atoms with Crippen molar-refractivity contribution in [3.05, 3.63) is 0 Å². The minimum Gasteiger partial charge on any atom is -0.382 e. The van der Waals surface area contributed by atoms with Crippen LogP contribution in [0.1, 0.15) is 38.5 Å². The highest BCUT2D eigenvalue weighted by atomic mass is 19.4. The summed E-state index contributed by atoms with van der Waals surface area (Å²) in [6.45, 7) is -0.381. The van der Waals surface area contributed by atoms with Crippen LogP contribution in [0.2, 0.25) is 0 Å². The van der Waals surface area contributed by atoms with Crippen molar-refractivity contribution in [3.8, 4) is 0 Å². The second-order valence-corrected chi connectivity index (χ2v) is 4.15. The molecule has 0 aromatic carbocycles. The molecule has 2 nitrogen and oxygen atoms in total. The third-order valence-corrected chi connectivity index (χ3v) is 2.83. The largest absolute Gasteiger partial charge is 0.415 e. The maximum absolute atomic E-state index is 12.0. The van der Waals surface area contributed by atoms with Crippen LogP contribution < -0.4 is 5.32 Å². The molecule has 0 radical (unpaired) electrons. The lowest BCUT2D eigenvalue weighted by molar-refractivity contribution is -0.202. The van der Waals surface area contributed by atoms with Gasteiger partial charge >= 0.3 is 6.18 Å². The van der Waals surface area contributed by atoms with Gasteiger partial charge in [0.15, 0.2) is 6.10 Å². The molecule has 1 atom stereocenters. The average molecular weight is 225 g/mol. The molecule has 0 spiro atoms. The Morgan fingerprint density at radius 2 is 1.67 bits per heavy atom. The van der Waals surface area contributed by atoms with Crippen LogP contribution in [0.15, 0.2) is 0 Å². The Hall–Kier alpha value is -0.290. The minimum absolute atomic E-state index is 0.143. The van der Waals surface area contributed by atoms with Gasteiger partial charge < -0.3 is 10.4 Å². The van der Waals surface area contributed by atoms with Crippen molar-refractivity contribution in [1.82, 2.24) is 5.32 Å². The quantitative estimate of drug-likeness (QED) is 0.722. The Morgan fingerprint density at radius 3 is 2.13 bits per heavy atom. The number of rotatable bonds is 3. The topological polar surface area (TPSA) is 32.3 Å². The molecule has 0 aromatic heterocycles. The normalized spacial score (nSPS) is 22.4. The van der Waals surface area contributed by atoms with E-state index in [0.717, 1.165) is 25.7 Å². The molecule has 0 saturated heterocycles. The fourth-order valence-electron chi connectivity index (χ4n) is 1.88. The molecule has 0 unspecified atom stereocenters. The van der Waals surface area contributed by atoms with Crippen LogP contribution in [0, 0.1) is 0 Å². The van der Waals surface area contributed by atoms with E-state index in [9.17, 15) is 13.2 Å². The van der Waals surface area contributed by atoms with Crippen LogP contribution in [0.5, 0.6) is 0 Å². The number of alkyl halides is 3. The summed E-state index contributed by atoms with van der Waals surface area (Å²) in [7, 11) is 0. The van der Waals surface area contributed by atoms with Gasteiger partial charge in [-0.2, -0.15) is 13.2 Å². The predicted octanol–water partition coefficient (Wildman–Crippen LogP) is 2.22. The number of halogens is 3. The molecule has 0 aliphatic heterocycles. The van der Waals surface area contributed by atoms with E-state index >= 15 is 0 Å². The number of hydrogen-bond donors (Lipinski definition) is 2. The van der Waals surface area contributed by atoms with Gasteiger partial charge in [0.25, 0.3) is 0 Å². The van der Waals surface area contributed by atoms with Crippen molar-refractivity contribution in [3.63, 3.8) is 0 Å². The van der Waals surface area contributed by atoms with Gasteiger partial charge in [-0.25, -0.2) is 0 Å². The second kappa shape index (κ2) is 5.70. The molecule has 1 aliphatic carbocycles. The van der Waals surface area contributed by atoms with Crippen LogP contribution in [0.4, 0.5) is 13.2 Å². The van der Waals surface area contributed by atoms with Crippen molar-refractivity contribution in [1.29, 1.82) is 0 Å². The summed E-state index contributed by atoms with van der Waals surface area (Å²) in [5.41, 5.74) is 0. The lowest BCUT2D eigenvalue weighted by atomic mass is 10.1. The molecule has 1 rings (SSSR count). The first kappa shape index (κ1) is 12.8. The van der Waals surface area contributed by atoms with Crippen LogP contribution in [0.25, 0.3) is 0 Å². The third kappa shape index (κ3) is 4.84. The predicted molar refractivity (Wildman–Crippen MR) is 51.6 cm³/mol. The van der Waals surface area contributed by atoms with E-state index in [4.69, 9.17) is 5.11 Å². The standard InChI is InChI=1S/C10H18F3NO/c11-10(12,13)9(15)7-14-8-5-3-1-2-4-6-8/h8-9,14-15H,1-7H2/t9-/m0/s1. The van der Waals surface area contributed by atoms with Crippen molar-refractivity contribution >= 4 is 0 Å². The highest BCUT2D eigenvalue weighted by Gasteiger charge is 2.38. The monoisotopic (exact) mass is 225 g/mol. The first-order chi connectivity index (χ1) is 7.00. The first-order valence-corrected chi connectivity index (χ1v) is 5.48. The fourth-order valence-corrected chi connectivity index (χ4v) is 1.88. The molecular weight excluding hydrogens is 207 g/mol. The van der Waals surface area contributed by atoms with Gasteiger partial charge in [0.2, 0.25) is 0 Å². The maximum Gasteiger partial charge on any atom is 0.415 e. The van der Waals surface area contributed by atoms with Gasteiger partial charge in [-0.15, -0.1) is 0 Å². The Kier molecular flexibility index (Phi) is 4.86. The number of aliphatic hydroxyl groups is 1. The van der Waals surface area contributed by atoms with E-state index in [2.05, 4.69) is 5.32 Å². The van der Waals surface area contributed by atoms with Crippen molar-refractivity contribution in [2.75, 3.05) is 6.54 Å². The summed E-state index contributed by atoms with van der Waals surface area (Å²) in [6.07, 6.45) is -0.423. The summed E-state index contributed by atoms with van der Waals surface area (Å²) < 4.78 is 36.0. The van der Waals surface area contributed by atoms with E-state index in [1.807, 2.05) is 0 Å². The van der Waals surface area contributed by atoms with Gasteiger partial charge in [0, 0.05) is 12.6 Å². The first-order valence-electron chi connectivity index (χ1n) is 5.48. The zero-order valence-electron chi connectivity index (χ0n) is 8.69. The highest BCUT2D eigenvalue weighted by Crippen LogP contribution is 2.21. The van der Waals surface area contributed by atoms with Crippen molar-refractivity contribution < 1.29 is 18.3 Å². The van der Waals surface area contributed by atoms with E-state index in [0.29, 0.717) is 0 Å². The zero-order valence-corrected chi connectivity index (χ0v) is 8.69. The summed E-state index contributed by atoms with van der Waals surface area (Å²) >= 11 is 0. The smallest absolute Gasteiger partial charge is 0.382 e. The molecule has 5 heteroatoms. The third-order valence-electron chi connectivity index (χ3n) is 2.83. The molecule has 15 heavy (non-hydrogen) atoms. The van der Waals surface area contributed by atoms with Gasteiger partial charge in [-0.05, 0) is 12.8 Å². The van der Waals surface area contributed by atoms with Gasteiger partial charge in [-0.3, -0.25) is 0 Å².